The van der Waals surface area contributed by atoms with Gasteiger partial charge < -0.3 is 20.1 Å². The molecular formula is C18H29IN6O. The van der Waals surface area contributed by atoms with E-state index in [1.807, 2.05) is 50.3 Å². The van der Waals surface area contributed by atoms with Gasteiger partial charge in [-0.15, -0.1) is 24.0 Å². The number of rotatable bonds is 7. The van der Waals surface area contributed by atoms with E-state index in [2.05, 4.69) is 39.6 Å². The summed E-state index contributed by atoms with van der Waals surface area (Å²) in [5.41, 5.74) is 2.07. The van der Waals surface area contributed by atoms with Crippen LogP contribution < -0.4 is 15.5 Å². The molecule has 0 radical (unpaired) electrons. The van der Waals surface area contributed by atoms with Crippen LogP contribution in [0, 0.1) is 0 Å². The first-order valence-corrected chi connectivity index (χ1v) is 8.59. The van der Waals surface area contributed by atoms with E-state index in [-0.39, 0.29) is 24.0 Å². The van der Waals surface area contributed by atoms with E-state index < -0.39 is 0 Å². The molecule has 0 aromatic carbocycles. The summed E-state index contributed by atoms with van der Waals surface area (Å²) < 4.78 is 5.35. The summed E-state index contributed by atoms with van der Waals surface area (Å²) in [4.78, 5) is 10.9. The molecule has 0 aliphatic carbocycles. The molecule has 0 aliphatic rings. The maximum Gasteiger partial charge on any atom is 0.191 e. The summed E-state index contributed by atoms with van der Waals surface area (Å²) in [6.07, 6.45) is 1.81. The molecule has 0 bridgehead atoms. The van der Waals surface area contributed by atoms with E-state index in [0.717, 1.165) is 35.3 Å². The molecule has 0 spiro atoms. The van der Waals surface area contributed by atoms with Crippen molar-refractivity contribution in [3.05, 3.63) is 41.4 Å². The average molecular weight is 472 g/mol. The highest BCUT2D eigenvalue weighted by Gasteiger charge is 2.08. The molecule has 0 unspecified atom stereocenters. The SMILES string of the molecule is CCNC(=NCc1ccnc(N(C)C)c1)NCc1cc(C(C)C)no1.I. The lowest BCUT2D eigenvalue weighted by atomic mass is 10.1. The van der Waals surface area contributed by atoms with Gasteiger partial charge >= 0.3 is 0 Å². The topological polar surface area (TPSA) is 78.6 Å². The summed E-state index contributed by atoms with van der Waals surface area (Å²) >= 11 is 0. The van der Waals surface area contributed by atoms with Crippen LogP contribution in [0.15, 0.2) is 33.9 Å². The molecule has 2 N–H and O–H groups in total. The third-order valence-electron chi connectivity index (χ3n) is 3.63. The lowest BCUT2D eigenvalue weighted by Crippen LogP contribution is -2.36. The van der Waals surface area contributed by atoms with Gasteiger partial charge in [0.05, 0.1) is 18.8 Å². The van der Waals surface area contributed by atoms with Gasteiger partial charge in [0.25, 0.3) is 0 Å². The van der Waals surface area contributed by atoms with Gasteiger partial charge in [0, 0.05) is 32.9 Å². The molecule has 2 aromatic rings. The number of hydrogen-bond acceptors (Lipinski definition) is 5. The fraction of sp³-hybridized carbons (Fsp3) is 0.500. The van der Waals surface area contributed by atoms with Crippen LogP contribution in [0.25, 0.3) is 0 Å². The van der Waals surface area contributed by atoms with Gasteiger partial charge in [-0.05, 0) is 30.5 Å². The normalized spacial score (nSPS) is 11.2. The quantitative estimate of drug-likeness (QED) is 0.366. The second kappa shape index (κ2) is 11.0. The smallest absolute Gasteiger partial charge is 0.191 e. The highest BCUT2D eigenvalue weighted by molar-refractivity contribution is 14.0. The van der Waals surface area contributed by atoms with Crippen LogP contribution in [0.2, 0.25) is 0 Å². The van der Waals surface area contributed by atoms with Crippen molar-refractivity contribution < 1.29 is 4.52 Å². The number of nitrogens with zero attached hydrogens (tertiary/aromatic N) is 4. The molecule has 2 aromatic heterocycles. The zero-order chi connectivity index (χ0) is 18.2. The first-order chi connectivity index (χ1) is 12.0. The van der Waals surface area contributed by atoms with Crippen molar-refractivity contribution in [3.8, 4) is 0 Å². The van der Waals surface area contributed by atoms with Gasteiger partial charge in [0.2, 0.25) is 0 Å². The molecule has 7 nitrogen and oxygen atoms in total. The van der Waals surface area contributed by atoms with Gasteiger partial charge in [-0.1, -0.05) is 19.0 Å². The lowest BCUT2D eigenvalue weighted by Gasteiger charge is -2.12. The van der Waals surface area contributed by atoms with Gasteiger partial charge in [-0.3, -0.25) is 0 Å². The first kappa shape index (κ1) is 22.2. The molecule has 0 fully saturated rings. The van der Waals surface area contributed by atoms with Crippen molar-refractivity contribution in [2.45, 2.75) is 39.8 Å². The second-order valence-electron chi connectivity index (χ2n) is 6.34. The number of hydrogen-bond donors (Lipinski definition) is 2. The fourth-order valence-corrected chi connectivity index (χ4v) is 2.17. The van der Waals surface area contributed by atoms with Crippen LogP contribution in [-0.4, -0.2) is 36.7 Å². The lowest BCUT2D eigenvalue weighted by molar-refractivity contribution is 0.372. The minimum atomic E-state index is 0. The largest absolute Gasteiger partial charge is 0.363 e. The molecule has 0 amide bonds. The molecule has 8 heteroatoms. The number of aromatic nitrogens is 2. The van der Waals surface area contributed by atoms with Crippen molar-refractivity contribution in [2.24, 2.45) is 4.99 Å². The third kappa shape index (κ3) is 6.81. The Balaban J connectivity index is 0.00000338. The zero-order valence-corrected chi connectivity index (χ0v) is 18.4. The Hall–Kier alpha value is -1.84. The molecule has 2 rings (SSSR count). The van der Waals surface area contributed by atoms with Crippen molar-refractivity contribution in [3.63, 3.8) is 0 Å². The van der Waals surface area contributed by atoms with Crippen LogP contribution >= 0.6 is 24.0 Å². The molecule has 0 saturated carbocycles. The van der Waals surface area contributed by atoms with E-state index in [1.165, 1.54) is 0 Å². The summed E-state index contributed by atoms with van der Waals surface area (Å²) in [6, 6.07) is 6.00. The summed E-state index contributed by atoms with van der Waals surface area (Å²) in [7, 11) is 3.95. The van der Waals surface area contributed by atoms with E-state index in [0.29, 0.717) is 19.0 Å². The Labute approximate surface area is 172 Å². The summed E-state index contributed by atoms with van der Waals surface area (Å²) in [5, 5.41) is 10.6. The fourth-order valence-electron chi connectivity index (χ4n) is 2.17. The summed E-state index contributed by atoms with van der Waals surface area (Å²) in [5.74, 6) is 2.83. The standard InChI is InChI=1S/C18H28N6O.HI/c1-6-19-18(22-12-15-10-16(13(2)3)23-25-15)21-11-14-7-8-20-17(9-14)24(4)5;/h7-10,13H,6,11-12H2,1-5H3,(H2,19,21,22);1H. The van der Waals surface area contributed by atoms with Gasteiger partial charge in [0.1, 0.15) is 5.82 Å². The van der Waals surface area contributed by atoms with E-state index in [1.54, 1.807) is 0 Å². The number of anilines is 1. The number of aliphatic imine (C=N–C) groups is 1. The molecule has 144 valence electrons. The molecule has 0 aliphatic heterocycles. The van der Waals surface area contributed by atoms with E-state index in [4.69, 9.17) is 4.52 Å². The van der Waals surface area contributed by atoms with Crippen molar-refractivity contribution >= 4 is 35.8 Å². The van der Waals surface area contributed by atoms with Crippen molar-refractivity contribution in [1.82, 2.24) is 20.8 Å². The minimum absolute atomic E-state index is 0. The Morgan fingerprint density at radius 2 is 2.04 bits per heavy atom. The van der Waals surface area contributed by atoms with Crippen LogP contribution in [0.5, 0.6) is 0 Å². The van der Waals surface area contributed by atoms with Crippen molar-refractivity contribution in [2.75, 3.05) is 25.5 Å². The first-order valence-electron chi connectivity index (χ1n) is 8.59. The van der Waals surface area contributed by atoms with Crippen LogP contribution in [0.4, 0.5) is 5.82 Å². The van der Waals surface area contributed by atoms with E-state index >= 15 is 0 Å². The monoisotopic (exact) mass is 472 g/mol. The minimum Gasteiger partial charge on any atom is -0.363 e. The summed E-state index contributed by atoms with van der Waals surface area (Å²) in [6.45, 7) is 8.14. The molecule has 26 heavy (non-hydrogen) atoms. The Morgan fingerprint density at radius 1 is 1.27 bits per heavy atom. The van der Waals surface area contributed by atoms with Crippen LogP contribution in [0.3, 0.4) is 0 Å². The van der Waals surface area contributed by atoms with Crippen LogP contribution in [-0.2, 0) is 13.1 Å². The molecular weight excluding hydrogens is 443 g/mol. The van der Waals surface area contributed by atoms with E-state index in [9.17, 15) is 0 Å². The van der Waals surface area contributed by atoms with Gasteiger partial charge in [-0.2, -0.15) is 0 Å². The van der Waals surface area contributed by atoms with Crippen LogP contribution in [0.1, 0.15) is 43.7 Å². The number of guanidine groups is 1. The Kier molecular flexibility index (Phi) is 9.39. The average Bonchev–Trinajstić information content (AvgIpc) is 3.07. The maximum absolute atomic E-state index is 5.35. The predicted molar refractivity (Wildman–Crippen MR) is 116 cm³/mol. The third-order valence-corrected chi connectivity index (χ3v) is 3.63. The highest BCUT2D eigenvalue weighted by atomic mass is 127. The maximum atomic E-state index is 5.35. The Bertz CT molecular complexity index is 698. The zero-order valence-electron chi connectivity index (χ0n) is 16.1. The molecule has 0 saturated heterocycles. The molecule has 0 atom stereocenters. The number of nitrogens with one attached hydrogen (secondary N) is 2. The number of halogens is 1. The predicted octanol–water partition coefficient (Wildman–Crippen LogP) is 3.13. The Morgan fingerprint density at radius 3 is 2.65 bits per heavy atom. The highest BCUT2D eigenvalue weighted by Crippen LogP contribution is 2.14. The van der Waals surface area contributed by atoms with Gasteiger partial charge in [-0.25, -0.2) is 9.98 Å². The van der Waals surface area contributed by atoms with Gasteiger partial charge in [0.15, 0.2) is 11.7 Å². The second-order valence-corrected chi connectivity index (χ2v) is 6.34. The number of pyridine rings is 1. The molecule has 2 heterocycles. The van der Waals surface area contributed by atoms with Crippen molar-refractivity contribution in [1.29, 1.82) is 0 Å².